The van der Waals surface area contributed by atoms with Crippen molar-refractivity contribution in [2.24, 2.45) is 16.8 Å². The van der Waals surface area contributed by atoms with Crippen molar-refractivity contribution in [3.05, 3.63) is 24.3 Å². The van der Waals surface area contributed by atoms with Crippen LogP contribution in [0.15, 0.2) is 29.3 Å². The van der Waals surface area contributed by atoms with E-state index in [0.29, 0.717) is 12.0 Å². The number of methoxy groups -OCH3 is 1. The highest BCUT2D eigenvalue weighted by Crippen LogP contribution is 2.30. The average molecular weight is 544 g/mol. The summed E-state index contributed by atoms with van der Waals surface area (Å²) in [5.41, 5.74) is 1.18. The van der Waals surface area contributed by atoms with Gasteiger partial charge in [-0.25, -0.2) is 0 Å². The first kappa shape index (κ1) is 26.0. The fraction of sp³-hybridized carbons (Fsp3) is 0.708. The molecule has 2 heterocycles. The molecular formula is C24H42IN5O. The highest BCUT2D eigenvalue weighted by Gasteiger charge is 2.25. The second-order valence-electron chi connectivity index (χ2n) is 9.13. The number of nitrogens with one attached hydrogen (secondary N) is 2. The van der Waals surface area contributed by atoms with Gasteiger partial charge in [0.2, 0.25) is 0 Å². The Balaban J connectivity index is 0.00000341. The summed E-state index contributed by atoms with van der Waals surface area (Å²) in [6, 6.07) is 8.69. The third-order valence-corrected chi connectivity index (χ3v) is 6.03. The lowest BCUT2D eigenvalue weighted by Gasteiger charge is -2.33. The fourth-order valence-corrected chi connectivity index (χ4v) is 4.70. The zero-order chi connectivity index (χ0) is 21.3. The number of halogens is 1. The molecule has 3 rings (SSSR count). The molecule has 2 aliphatic rings. The molecule has 2 atom stereocenters. The molecule has 2 fully saturated rings. The minimum Gasteiger partial charge on any atom is -0.495 e. The maximum Gasteiger partial charge on any atom is 0.191 e. The predicted molar refractivity (Wildman–Crippen MR) is 142 cm³/mol. The van der Waals surface area contributed by atoms with Gasteiger partial charge in [0.15, 0.2) is 5.96 Å². The van der Waals surface area contributed by atoms with E-state index in [1.807, 2.05) is 12.1 Å². The molecule has 2 N–H and O–H groups in total. The van der Waals surface area contributed by atoms with Gasteiger partial charge in [-0.1, -0.05) is 26.0 Å². The lowest BCUT2D eigenvalue weighted by Crippen LogP contribution is -2.45. The Labute approximate surface area is 206 Å². The number of hydrogen-bond acceptors (Lipinski definition) is 4. The second-order valence-corrected chi connectivity index (χ2v) is 9.13. The van der Waals surface area contributed by atoms with Gasteiger partial charge in [-0.3, -0.25) is 4.99 Å². The van der Waals surface area contributed by atoms with Crippen LogP contribution in [0.2, 0.25) is 0 Å². The van der Waals surface area contributed by atoms with Crippen molar-refractivity contribution >= 4 is 35.6 Å². The summed E-state index contributed by atoms with van der Waals surface area (Å²) in [6.07, 6.45) is 3.70. The number of ether oxygens (including phenoxy) is 1. The van der Waals surface area contributed by atoms with Crippen LogP contribution in [-0.2, 0) is 0 Å². The second kappa shape index (κ2) is 13.4. The number of para-hydroxylation sites is 2. The van der Waals surface area contributed by atoms with E-state index in [4.69, 9.17) is 9.73 Å². The number of piperidine rings is 1. The Kier molecular flexibility index (Phi) is 11.2. The molecule has 0 bridgehead atoms. The molecule has 0 saturated carbocycles. The standard InChI is InChI=1S/C24H41N5O.HI/c1-5-25-24(26-15-20-9-8-13-28(17-20)16-19(2)3)27-21-12-14-29(18-21)22-10-6-7-11-23(22)30-4;/h6-7,10-11,19-21H,5,8-9,12-18H2,1-4H3,(H2,25,26,27);1H. The van der Waals surface area contributed by atoms with Crippen LogP contribution in [-0.4, -0.2) is 69.8 Å². The zero-order valence-electron chi connectivity index (χ0n) is 19.8. The maximum absolute atomic E-state index is 5.55. The van der Waals surface area contributed by atoms with Crippen LogP contribution in [0, 0.1) is 11.8 Å². The summed E-state index contributed by atoms with van der Waals surface area (Å²) < 4.78 is 5.55. The monoisotopic (exact) mass is 543 g/mol. The van der Waals surface area contributed by atoms with E-state index in [-0.39, 0.29) is 24.0 Å². The molecule has 0 radical (unpaired) electrons. The molecule has 2 unspecified atom stereocenters. The van der Waals surface area contributed by atoms with Gasteiger partial charge in [-0.2, -0.15) is 0 Å². The lowest BCUT2D eigenvalue weighted by molar-refractivity contribution is 0.162. The highest BCUT2D eigenvalue weighted by atomic mass is 127. The number of aliphatic imine (C=N–C) groups is 1. The number of anilines is 1. The van der Waals surface area contributed by atoms with E-state index >= 15 is 0 Å². The van der Waals surface area contributed by atoms with Crippen molar-refractivity contribution < 1.29 is 4.74 Å². The molecule has 0 aromatic heterocycles. The molecule has 0 aliphatic carbocycles. The SMILES string of the molecule is CCNC(=NCC1CCCN(CC(C)C)C1)NC1CCN(c2ccccc2OC)C1.I. The Morgan fingerprint density at radius 1 is 1.19 bits per heavy atom. The van der Waals surface area contributed by atoms with Gasteiger partial charge in [0.25, 0.3) is 0 Å². The first-order valence-electron chi connectivity index (χ1n) is 11.7. The number of likely N-dealkylation sites (tertiary alicyclic amines) is 1. The smallest absolute Gasteiger partial charge is 0.191 e. The molecule has 0 amide bonds. The molecule has 176 valence electrons. The molecule has 2 aliphatic heterocycles. The van der Waals surface area contributed by atoms with Gasteiger partial charge < -0.3 is 25.2 Å². The molecule has 31 heavy (non-hydrogen) atoms. The van der Waals surface area contributed by atoms with Crippen molar-refractivity contribution in [3.8, 4) is 5.75 Å². The fourth-order valence-electron chi connectivity index (χ4n) is 4.70. The van der Waals surface area contributed by atoms with E-state index in [9.17, 15) is 0 Å². The van der Waals surface area contributed by atoms with Crippen molar-refractivity contribution in [1.82, 2.24) is 15.5 Å². The summed E-state index contributed by atoms with van der Waals surface area (Å²) in [5.74, 6) is 3.31. The minimum absolute atomic E-state index is 0. The van der Waals surface area contributed by atoms with Crippen LogP contribution in [0.1, 0.15) is 40.0 Å². The number of benzene rings is 1. The first-order valence-corrected chi connectivity index (χ1v) is 11.7. The van der Waals surface area contributed by atoms with Crippen molar-refractivity contribution in [2.75, 3.05) is 57.8 Å². The molecule has 1 aromatic carbocycles. The summed E-state index contributed by atoms with van der Waals surface area (Å²) in [7, 11) is 1.74. The quantitative estimate of drug-likeness (QED) is 0.297. The van der Waals surface area contributed by atoms with Crippen LogP contribution >= 0.6 is 24.0 Å². The molecule has 7 heteroatoms. The van der Waals surface area contributed by atoms with Gasteiger partial charge in [0, 0.05) is 45.3 Å². The number of nitrogens with zero attached hydrogens (tertiary/aromatic N) is 3. The van der Waals surface area contributed by atoms with E-state index in [1.54, 1.807) is 7.11 Å². The Morgan fingerprint density at radius 3 is 2.74 bits per heavy atom. The average Bonchev–Trinajstić information content (AvgIpc) is 3.20. The van der Waals surface area contributed by atoms with Crippen LogP contribution in [0.3, 0.4) is 0 Å². The summed E-state index contributed by atoms with van der Waals surface area (Å²) in [4.78, 5) is 10.00. The maximum atomic E-state index is 5.55. The Morgan fingerprint density at radius 2 is 2.00 bits per heavy atom. The van der Waals surface area contributed by atoms with Crippen molar-refractivity contribution in [1.29, 1.82) is 0 Å². The highest BCUT2D eigenvalue weighted by molar-refractivity contribution is 14.0. The van der Waals surface area contributed by atoms with Gasteiger partial charge in [0.1, 0.15) is 5.75 Å². The van der Waals surface area contributed by atoms with Gasteiger partial charge in [-0.05, 0) is 56.7 Å². The summed E-state index contributed by atoms with van der Waals surface area (Å²) in [5, 5.41) is 7.13. The lowest BCUT2D eigenvalue weighted by atomic mass is 9.97. The van der Waals surface area contributed by atoms with Crippen LogP contribution in [0.25, 0.3) is 0 Å². The first-order chi connectivity index (χ1) is 14.6. The molecule has 2 saturated heterocycles. The minimum atomic E-state index is 0. The van der Waals surface area contributed by atoms with Crippen molar-refractivity contribution in [2.45, 2.75) is 46.1 Å². The van der Waals surface area contributed by atoms with Crippen LogP contribution in [0.4, 0.5) is 5.69 Å². The normalized spacial score (nSPS) is 22.4. The Hall–Kier alpha value is -1.22. The number of hydrogen-bond donors (Lipinski definition) is 2. The van der Waals surface area contributed by atoms with Crippen LogP contribution < -0.4 is 20.3 Å². The van der Waals surface area contributed by atoms with Crippen molar-refractivity contribution in [3.63, 3.8) is 0 Å². The molecule has 0 spiro atoms. The number of rotatable bonds is 8. The number of guanidine groups is 1. The van der Waals surface area contributed by atoms with E-state index in [1.165, 1.54) is 38.2 Å². The molecule has 1 aromatic rings. The topological polar surface area (TPSA) is 52.1 Å². The van der Waals surface area contributed by atoms with Gasteiger partial charge in [0.05, 0.1) is 12.8 Å². The van der Waals surface area contributed by atoms with E-state index < -0.39 is 0 Å². The third kappa shape index (κ3) is 8.00. The van der Waals surface area contributed by atoms with Gasteiger partial charge >= 0.3 is 0 Å². The molecule has 6 nitrogen and oxygen atoms in total. The predicted octanol–water partition coefficient (Wildman–Crippen LogP) is 3.82. The van der Waals surface area contributed by atoms with E-state index in [2.05, 4.69) is 53.3 Å². The summed E-state index contributed by atoms with van der Waals surface area (Å²) >= 11 is 0. The molecular weight excluding hydrogens is 501 g/mol. The largest absolute Gasteiger partial charge is 0.495 e. The third-order valence-electron chi connectivity index (χ3n) is 6.03. The van der Waals surface area contributed by atoms with E-state index in [0.717, 1.165) is 50.2 Å². The Bertz CT molecular complexity index is 684. The van der Waals surface area contributed by atoms with Gasteiger partial charge in [-0.15, -0.1) is 24.0 Å². The zero-order valence-corrected chi connectivity index (χ0v) is 22.1. The van der Waals surface area contributed by atoms with Crippen LogP contribution in [0.5, 0.6) is 5.75 Å². The summed E-state index contributed by atoms with van der Waals surface area (Å²) in [6.45, 7) is 14.2.